The highest BCUT2D eigenvalue weighted by Crippen LogP contribution is 2.27. The van der Waals surface area contributed by atoms with E-state index in [2.05, 4.69) is 21.2 Å². The number of amides is 1. The number of nitrogens with two attached hydrogens (primary N) is 1. The minimum atomic E-state index is -0.490. The molecule has 0 aliphatic rings. The van der Waals surface area contributed by atoms with Crippen LogP contribution in [0.2, 0.25) is 0 Å². The molecule has 1 aromatic carbocycles. The fraction of sp³-hybridized carbons (Fsp3) is 0.417. The molecular weight excluding hydrogens is 314 g/mol. The summed E-state index contributed by atoms with van der Waals surface area (Å²) in [7, 11) is 0. The molecule has 0 aliphatic heterocycles. The summed E-state index contributed by atoms with van der Waals surface area (Å²) in [5.41, 5.74) is 6.02. The van der Waals surface area contributed by atoms with E-state index in [0.29, 0.717) is 16.6 Å². The van der Waals surface area contributed by atoms with E-state index >= 15 is 0 Å². The molecule has 1 unspecified atom stereocenters. The number of carbonyl (C=O) groups is 1. The minimum absolute atomic E-state index is 0.0335. The smallest absolute Gasteiger partial charge is 0.270 e. The van der Waals surface area contributed by atoms with E-state index < -0.39 is 4.92 Å². The van der Waals surface area contributed by atoms with E-state index in [1.165, 1.54) is 18.2 Å². The monoisotopic (exact) mass is 329 g/mol. The lowest BCUT2D eigenvalue weighted by Crippen LogP contribution is -2.29. The van der Waals surface area contributed by atoms with Gasteiger partial charge in [0.05, 0.1) is 16.5 Å². The fourth-order valence-electron chi connectivity index (χ4n) is 1.66. The molecular formula is C12H16BrN3O3. The first-order chi connectivity index (χ1) is 8.99. The van der Waals surface area contributed by atoms with E-state index in [9.17, 15) is 14.9 Å². The van der Waals surface area contributed by atoms with Gasteiger partial charge < -0.3 is 11.1 Å². The van der Waals surface area contributed by atoms with Crippen molar-refractivity contribution in [3.8, 4) is 0 Å². The lowest BCUT2D eigenvalue weighted by Gasteiger charge is -2.14. The Labute approximate surface area is 119 Å². The van der Waals surface area contributed by atoms with E-state index in [1.54, 1.807) is 0 Å². The largest absolute Gasteiger partial charge is 0.330 e. The van der Waals surface area contributed by atoms with Crippen LogP contribution in [-0.4, -0.2) is 17.4 Å². The zero-order valence-electron chi connectivity index (χ0n) is 10.6. The van der Waals surface area contributed by atoms with Gasteiger partial charge >= 0.3 is 0 Å². The Morgan fingerprint density at radius 2 is 2.26 bits per heavy atom. The van der Waals surface area contributed by atoms with Gasteiger partial charge in [0, 0.05) is 23.2 Å². The molecule has 0 saturated carbocycles. The van der Waals surface area contributed by atoms with Crippen LogP contribution in [0, 0.1) is 16.0 Å². The molecule has 0 aromatic heterocycles. The van der Waals surface area contributed by atoms with Gasteiger partial charge in [0.2, 0.25) is 5.91 Å². The molecule has 19 heavy (non-hydrogen) atoms. The van der Waals surface area contributed by atoms with Crippen molar-refractivity contribution in [2.45, 2.75) is 19.8 Å². The molecule has 0 bridgehead atoms. The predicted octanol–water partition coefficient (Wildman–Crippen LogP) is 2.67. The third-order valence-electron chi connectivity index (χ3n) is 2.71. The molecule has 1 aromatic rings. The van der Waals surface area contributed by atoms with Gasteiger partial charge in [-0.15, -0.1) is 0 Å². The number of benzene rings is 1. The highest BCUT2D eigenvalue weighted by Gasteiger charge is 2.17. The molecule has 1 atom stereocenters. The average Bonchev–Trinajstić information content (AvgIpc) is 2.37. The van der Waals surface area contributed by atoms with Gasteiger partial charge in [0.15, 0.2) is 0 Å². The molecule has 104 valence electrons. The Morgan fingerprint density at radius 3 is 2.74 bits per heavy atom. The first-order valence-electron chi connectivity index (χ1n) is 5.94. The summed E-state index contributed by atoms with van der Waals surface area (Å²) < 4.78 is 0.474. The molecule has 0 fully saturated rings. The molecule has 0 aliphatic carbocycles. The van der Waals surface area contributed by atoms with Crippen molar-refractivity contribution in [2.24, 2.45) is 11.7 Å². The summed E-state index contributed by atoms with van der Waals surface area (Å²) in [5, 5.41) is 13.3. The van der Waals surface area contributed by atoms with Crippen LogP contribution in [-0.2, 0) is 4.79 Å². The summed E-state index contributed by atoms with van der Waals surface area (Å²) in [6.45, 7) is 2.27. The third kappa shape index (κ3) is 4.29. The number of hydrogen-bond acceptors (Lipinski definition) is 4. The molecule has 7 heteroatoms. The maximum absolute atomic E-state index is 12.0. The van der Waals surface area contributed by atoms with Crippen molar-refractivity contribution >= 4 is 33.2 Å². The lowest BCUT2D eigenvalue weighted by molar-refractivity contribution is -0.384. The van der Waals surface area contributed by atoms with Crippen molar-refractivity contribution in [1.29, 1.82) is 0 Å². The maximum atomic E-state index is 12.0. The van der Waals surface area contributed by atoms with Gasteiger partial charge in [-0.05, 0) is 28.4 Å². The van der Waals surface area contributed by atoms with Crippen molar-refractivity contribution in [3.05, 3.63) is 32.8 Å². The number of nitrogens with one attached hydrogen (secondary N) is 1. The zero-order chi connectivity index (χ0) is 14.4. The number of nitrogens with zero attached hydrogens (tertiary/aromatic N) is 1. The van der Waals surface area contributed by atoms with Gasteiger partial charge in [-0.1, -0.05) is 13.3 Å². The molecule has 6 nitrogen and oxygen atoms in total. The number of nitro groups is 1. The van der Waals surface area contributed by atoms with Gasteiger partial charge in [0.1, 0.15) is 0 Å². The second-order valence-electron chi connectivity index (χ2n) is 4.13. The standard InChI is InChI=1S/C12H16BrN3O3/c1-2-3-8(7-14)12(17)15-11-5-4-9(16(18)19)6-10(11)13/h4-6,8H,2-3,7,14H2,1H3,(H,15,17). The van der Waals surface area contributed by atoms with Crippen LogP contribution in [0.25, 0.3) is 0 Å². The summed E-state index contributed by atoms with van der Waals surface area (Å²) in [4.78, 5) is 22.1. The van der Waals surface area contributed by atoms with Crippen LogP contribution >= 0.6 is 15.9 Å². The van der Waals surface area contributed by atoms with Gasteiger partial charge in [0.25, 0.3) is 5.69 Å². The molecule has 1 amide bonds. The van der Waals surface area contributed by atoms with Gasteiger partial charge in [-0.25, -0.2) is 0 Å². The molecule has 0 saturated heterocycles. The van der Waals surface area contributed by atoms with Crippen LogP contribution < -0.4 is 11.1 Å². The van der Waals surface area contributed by atoms with Crippen LogP contribution in [0.1, 0.15) is 19.8 Å². The van der Waals surface area contributed by atoms with Crippen molar-refractivity contribution in [1.82, 2.24) is 0 Å². The first-order valence-corrected chi connectivity index (χ1v) is 6.73. The Bertz CT molecular complexity index is 479. The number of anilines is 1. The van der Waals surface area contributed by atoms with Crippen molar-refractivity contribution < 1.29 is 9.72 Å². The second-order valence-corrected chi connectivity index (χ2v) is 4.99. The Morgan fingerprint density at radius 1 is 1.58 bits per heavy atom. The van der Waals surface area contributed by atoms with Crippen molar-refractivity contribution in [3.63, 3.8) is 0 Å². The quantitative estimate of drug-likeness (QED) is 0.619. The highest BCUT2D eigenvalue weighted by molar-refractivity contribution is 9.10. The fourth-order valence-corrected chi connectivity index (χ4v) is 2.12. The maximum Gasteiger partial charge on any atom is 0.270 e. The molecule has 1 rings (SSSR count). The number of nitro benzene ring substituents is 1. The number of carbonyl (C=O) groups excluding carboxylic acids is 1. The molecule has 0 heterocycles. The molecule has 3 N–H and O–H groups in total. The van der Waals surface area contributed by atoms with Gasteiger partial charge in [-0.3, -0.25) is 14.9 Å². The van der Waals surface area contributed by atoms with Crippen LogP contribution in [0.15, 0.2) is 22.7 Å². The predicted molar refractivity (Wildman–Crippen MR) is 76.9 cm³/mol. The first kappa shape index (κ1) is 15.6. The van der Waals surface area contributed by atoms with Gasteiger partial charge in [-0.2, -0.15) is 0 Å². The summed E-state index contributed by atoms with van der Waals surface area (Å²) in [6, 6.07) is 4.20. The highest BCUT2D eigenvalue weighted by atomic mass is 79.9. The van der Waals surface area contributed by atoms with Crippen LogP contribution in [0.5, 0.6) is 0 Å². The average molecular weight is 330 g/mol. The molecule has 0 spiro atoms. The van der Waals surface area contributed by atoms with E-state index in [4.69, 9.17) is 5.73 Å². The van der Waals surface area contributed by atoms with E-state index in [-0.39, 0.29) is 24.1 Å². The Kier molecular flexibility index (Phi) is 5.91. The number of hydrogen-bond donors (Lipinski definition) is 2. The van der Waals surface area contributed by atoms with Crippen molar-refractivity contribution in [2.75, 3.05) is 11.9 Å². The normalized spacial score (nSPS) is 11.9. The Hall–Kier alpha value is -1.47. The summed E-state index contributed by atoms with van der Waals surface area (Å²) in [6.07, 6.45) is 1.59. The lowest BCUT2D eigenvalue weighted by atomic mass is 10.0. The van der Waals surface area contributed by atoms with Crippen LogP contribution in [0.3, 0.4) is 0 Å². The Balaban J connectivity index is 2.82. The number of non-ortho nitro benzene ring substituents is 1. The zero-order valence-corrected chi connectivity index (χ0v) is 12.1. The minimum Gasteiger partial charge on any atom is -0.330 e. The topological polar surface area (TPSA) is 98.3 Å². The number of rotatable bonds is 6. The van der Waals surface area contributed by atoms with E-state index in [0.717, 1.165) is 6.42 Å². The number of halogens is 1. The summed E-state index contributed by atoms with van der Waals surface area (Å²) >= 11 is 3.20. The second kappa shape index (κ2) is 7.20. The summed E-state index contributed by atoms with van der Waals surface area (Å²) in [5.74, 6) is -0.411. The van der Waals surface area contributed by atoms with E-state index in [1.807, 2.05) is 6.92 Å². The van der Waals surface area contributed by atoms with Crippen LogP contribution in [0.4, 0.5) is 11.4 Å². The third-order valence-corrected chi connectivity index (χ3v) is 3.37. The molecule has 0 radical (unpaired) electrons. The SMILES string of the molecule is CCCC(CN)C(=O)Nc1ccc([N+](=O)[O-])cc1Br.